The zero-order chi connectivity index (χ0) is 17.4. The lowest BCUT2D eigenvalue weighted by Crippen LogP contribution is -2.24. The van der Waals surface area contributed by atoms with Gasteiger partial charge in [-0.25, -0.2) is 5.43 Å². The van der Waals surface area contributed by atoms with Crippen LogP contribution in [0.2, 0.25) is 0 Å². The fourth-order valence-electron chi connectivity index (χ4n) is 2.16. The number of hydrogen-bond donors (Lipinski definition) is 1. The third-order valence-electron chi connectivity index (χ3n) is 3.33. The number of aryl methyl sites for hydroxylation is 2. The van der Waals surface area contributed by atoms with Crippen molar-refractivity contribution in [3.63, 3.8) is 0 Å². The molecule has 0 unspecified atom stereocenters. The lowest BCUT2D eigenvalue weighted by molar-refractivity contribution is -0.123. The number of carbonyl (C=O) groups is 1. The van der Waals surface area contributed by atoms with Gasteiger partial charge in [0.05, 0.1) is 12.8 Å². The number of rotatable bonds is 7. The van der Waals surface area contributed by atoms with Gasteiger partial charge >= 0.3 is 0 Å². The molecule has 0 fully saturated rings. The first-order valence-electron chi connectivity index (χ1n) is 7.84. The maximum absolute atomic E-state index is 11.8. The van der Waals surface area contributed by atoms with Crippen molar-refractivity contribution in [1.29, 1.82) is 0 Å². The highest BCUT2D eigenvalue weighted by atomic mass is 16.5. The average Bonchev–Trinajstić information content (AvgIpc) is 2.56. The topological polar surface area (TPSA) is 59.9 Å². The van der Waals surface area contributed by atoms with Crippen molar-refractivity contribution in [2.24, 2.45) is 5.10 Å². The van der Waals surface area contributed by atoms with Gasteiger partial charge in [0.1, 0.15) is 0 Å². The fourth-order valence-corrected chi connectivity index (χ4v) is 2.16. The molecule has 2 aromatic carbocycles. The molecule has 0 bridgehead atoms. The SMILES string of the molecule is CCOc1ccccc1OCC(=O)N/N=C/c1ccc(C)cc1C. The van der Waals surface area contributed by atoms with Crippen LogP contribution in [0.3, 0.4) is 0 Å². The highest BCUT2D eigenvalue weighted by Crippen LogP contribution is 2.26. The Morgan fingerprint density at radius 2 is 1.83 bits per heavy atom. The quantitative estimate of drug-likeness (QED) is 0.628. The largest absolute Gasteiger partial charge is 0.490 e. The van der Waals surface area contributed by atoms with Gasteiger partial charge in [0, 0.05) is 0 Å². The molecule has 24 heavy (non-hydrogen) atoms. The van der Waals surface area contributed by atoms with Crippen LogP contribution in [-0.4, -0.2) is 25.3 Å². The molecule has 5 heteroatoms. The van der Waals surface area contributed by atoms with E-state index in [1.807, 2.05) is 45.0 Å². The van der Waals surface area contributed by atoms with Crippen molar-refractivity contribution in [2.75, 3.05) is 13.2 Å². The summed E-state index contributed by atoms with van der Waals surface area (Å²) in [5.41, 5.74) is 5.72. The second-order valence-electron chi connectivity index (χ2n) is 5.32. The van der Waals surface area contributed by atoms with Gasteiger partial charge in [0.25, 0.3) is 5.91 Å². The smallest absolute Gasteiger partial charge is 0.277 e. The molecule has 0 saturated carbocycles. The standard InChI is InChI=1S/C19H22N2O3/c1-4-23-17-7-5-6-8-18(17)24-13-19(22)21-20-12-16-10-9-14(2)11-15(16)3/h5-12H,4,13H2,1-3H3,(H,21,22)/b20-12+. The van der Waals surface area contributed by atoms with Crippen LogP contribution in [0.4, 0.5) is 0 Å². The Labute approximate surface area is 142 Å². The number of amides is 1. The molecule has 126 valence electrons. The third kappa shape index (κ3) is 5.12. The number of nitrogens with one attached hydrogen (secondary N) is 1. The second-order valence-corrected chi connectivity index (χ2v) is 5.32. The number of nitrogens with zero attached hydrogens (tertiary/aromatic N) is 1. The van der Waals surface area contributed by atoms with Crippen LogP contribution in [0.1, 0.15) is 23.6 Å². The van der Waals surface area contributed by atoms with Crippen LogP contribution >= 0.6 is 0 Å². The summed E-state index contributed by atoms with van der Waals surface area (Å²) < 4.78 is 10.9. The molecule has 0 radical (unpaired) electrons. The first-order valence-corrected chi connectivity index (χ1v) is 7.84. The average molecular weight is 326 g/mol. The molecule has 0 aliphatic carbocycles. The van der Waals surface area contributed by atoms with E-state index in [9.17, 15) is 4.79 Å². The Balaban J connectivity index is 1.86. The normalized spacial score (nSPS) is 10.6. The number of ether oxygens (including phenoxy) is 2. The molecule has 1 N–H and O–H groups in total. The molecule has 2 rings (SSSR count). The maximum atomic E-state index is 11.8. The van der Waals surface area contributed by atoms with Gasteiger partial charge in [-0.05, 0) is 44.0 Å². The molecule has 0 heterocycles. The summed E-state index contributed by atoms with van der Waals surface area (Å²) in [6.45, 7) is 6.34. The Kier molecular flexibility index (Phi) is 6.37. The number of para-hydroxylation sites is 2. The maximum Gasteiger partial charge on any atom is 0.277 e. The zero-order valence-electron chi connectivity index (χ0n) is 14.2. The van der Waals surface area contributed by atoms with E-state index >= 15 is 0 Å². The minimum absolute atomic E-state index is 0.131. The molecular weight excluding hydrogens is 304 g/mol. The molecule has 0 aliphatic rings. The van der Waals surface area contributed by atoms with E-state index in [-0.39, 0.29) is 12.5 Å². The van der Waals surface area contributed by atoms with Crippen LogP contribution < -0.4 is 14.9 Å². The Hall–Kier alpha value is -2.82. The second kappa shape index (κ2) is 8.72. The van der Waals surface area contributed by atoms with Crippen molar-refractivity contribution in [3.8, 4) is 11.5 Å². The van der Waals surface area contributed by atoms with Gasteiger partial charge in [-0.3, -0.25) is 4.79 Å². The lowest BCUT2D eigenvalue weighted by Gasteiger charge is -2.10. The highest BCUT2D eigenvalue weighted by Gasteiger charge is 2.06. The van der Waals surface area contributed by atoms with E-state index in [2.05, 4.69) is 16.6 Å². The van der Waals surface area contributed by atoms with Crippen molar-refractivity contribution in [3.05, 3.63) is 59.2 Å². The fraction of sp³-hybridized carbons (Fsp3) is 0.263. The van der Waals surface area contributed by atoms with Gasteiger partial charge in [0.15, 0.2) is 18.1 Å². The number of carbonyl (C=O) groups excluding carboxylic acids is 1. The Bertz CT molecular complexity index is 726. The molecule has 1 amide bonds. The van der Waals surface area contributed by atoms with E-state index in [1.54, 1.807) is 18.3 Å². The van der Waals surface area contributed by atoms with Gasteiger partial charge in [-0.15, -0.1) is 0 Å². The van der Waals surface area contributed by atoms with E-state index < -0.39 is 0 Å². The van der Waals surface area contributed by atoms with Gasteiger partial charge < -0.3 is 9.47 Å². The molecular formula is C19H22N2O3. The summed E-state index contributed by atoms with van der Waals surface area (Å²) >= 11 is 0. The molecule has 0 atom stereocenters. The summed E-state index contributed by atoms with van der Waals surface area (Å²) in [5.74, 6) is 0.821. The van der Waals surface area contributed by atoms with Crippen LogP contribution in [0, 0.1) is 13.8 Å². The van der Waals surface area contributed by atoms with Crippen LogP contribution in [0.25, 0.3) is 0 Å². The monoisotopic (exact) mass is 326 g/mol. The number of hydrogen-bond acceptors (Lipinski definition) is 4. The van der Waals surface area contributed by atoms with Crippen molar-refractivity contribution in [2.45, 2.75) is 20.8 Å². The summed E-state index contributed by atoms with van der Waals surface area (Å²) in [7, 11) is 0. The predicted octanol–water partition coefficient (Wildman–Crippen LogP) is 3.23. The zero-order valence-corrected chi connectivity index (χ0v) is 14.2. The Morgan fingerprint density at radius 3 is 2.50 bits per heavy atom. The molecule has 0 aromatic heterocycles. The van der Waals surface area contributed by atoms with E-state index in [4.69, 9.17) is 9.47 Å². The molecule has 5 nitrogen and oxygen atoms in total. The molecule has 0 aliphatic heterocycles. The molecule has 2 aromatic rings. The molecule has 0 spiro atoms. The predicted molar refractivity (Wildman–Crippen MR) is 94.8 cm³/mol. The third-order valence-corrected chi connectivity index (χ3v) is 3.33. The summed E-state index contributed by atoms with van der Waals surface area (Å²) in [6.07, 6.45) is 1.63. The Morgan fingerprint density at radius 1 is 1.12 bits per heavy atom. The minimum atomic E-state index is -0.331. The van der Waals surface area contributed by atoms with Crippen LogP contribution in [0.5, 0.6) is 11.5 Å². The highest BCUT2D eigenvalue weighted by molar-refractivity contribution is 5.84. The number of hydrazone groups is 1. The van der Waals surface area contributed by atoms with Crippen LogP contribution in [-0.2, 0) is 4.79 Å². The summed E-state index contributed by atoms with van der Waals surface area (Å²) in [5, 5.41) is 3.97. The lowest BCUT2D eigenvalue weighted by atomic mass is 10.1. The summed E-state index contributed by atoms with van der Waals surface area (Å²) in [4.78, 5) is 11.8. The summed E-state index contributed by atoms with van der Waals surface area (Å²) in [6, 6.07) is 13.3. The van der Waals surface area contributed by atoms with Crippen molar-refractivity contribution in [1.82, 2.24) is 5.43 Å². The minimum Gasteiger partial charge on any atom is -0.490 e. The van der Waals surface area contributed by atoms with Gasteiger partial charge in [0.2, 0.25) is 0 Å². The van der Waals surface area contributed by atoms with Crippen molar-refractivity contribution < 1.29 is 14.3 Å². The number of benzene rings is 2. The van der Waals surface area contributed by atoms with Gasteiger partial charge in [-0.1, -0.05) is 35.9 Å². The van der Waals surface area contributed by atoms with Gasteiger partial charge in [-0.2, -0.15) is 5.10 Å². The van der Waals surface area contributed by atoms with E-state index in [0.29, 0.717) is 18.1 Å². The first kappa shape index (κ1) is 17.5. The van der Waals surface area contributed by atoms with E-state index in [0.717, 1.165) is 11.1 Å². The van der Waals surface area contributed by atoms with Crippen LogP contribution in [0.15, 0.2) is 47.6 Å². The van der Waals surface area contributed by atoms with E-state index in [1.165, 1.54) is 5.56 Å². The molecule has 0 saturated heterocycles. The first-order chi connectivity index (χ1) is 11.6. The van der Waals surface area contributed by atoms with Crippen molar-refractivity contribution >= 4 is 12.1 Å².